The first kappa shape index (κ1) is 15.2. The van der Waals surface area contributed by atoms with Crippen LogP contribution in [0.2, 0.25) is 0 Å². The van der Waals surface area contributed by atoms with E-state index in [4.69, 9.17) is 0 Å². The Kier molecular flexibility index (Phi) is 4.91. The molecule has 0 saturated carbocycles. The predicted octanol–water partition coefficient (Wildman–Crippen LogP) is 2.96. The number of amides is 2. The maximum atomic E-state index is 12.2. The second-order valence-corrected chi connectivity index (χ2v) is 6.48. The lowest BCUT2D eigenvalue weighted by Crippen LogP contribution is -2.36. The van der Waals surface area contributed by atoms with E-state index in [9.17, 15) is 9.59 Å². The van der Waals surface area contributed by atoms with Crippen LogP contribution in [-0.2, 0) is 4.79 Å². The van der Waals surface area contributed by atoms with E-state index in [2.05, 4.69) is 0 Å². The van der Waals surface area contributed by atoms with Gasteiger partial charge in [-0.1, -0.05) is 12.1 Å². The summed E-state index contributed by atoms with van der Waals surface area (Å²) in [6.45, 7) is 0.313. The van der Waals surface area contributed by atoms with Crippen molar-refractivity contribution in [1.29, 1.82) is 0 Å². The largest absolute Gasteiger partial charge is 0.294 e. The average molecular weight is 308 g/mol. The summed E-state index contributed by atoms with van der Waals surface area (Å²) < 4.78 is 0. The normalized spacial score (nSPS) is 17.6. The second kappa shape index (κ2) is 6.47. The molecule has 1 aliphatic rings. The summed E-state index contributed by atoms with van der Waals surface area (Å²) >= 11 is 2.66. The van der Waals surface area contributed by atoms with E-state index in [0.717, 1.165) is 17.3 Å². The van der Waals surface area contributed by atoms with Crippen LogP contribution in [0.4, 0.5) is 4.79 Å². The third-order valence-electron chi connectivity index (χ3n) is 2.71. The molecule has 6 heteroatoms. The maximum absolute atomic E-state index is 12.2. The summed E-state index contributed by atoms with van der Waals surface area (Å²) in [5.41, 5.74) is 0.929. The molecule has 1 aromatic carbocycles. The van der Waals surface area contributed by atoms with Crippen LogP contribution in [0.1, 0.15) is 5.56 Å². The van der Waals surface area contributed by atoms with Gasteiger partial charge in [0.2, 0.25) is 0 Å². The van der Waals surface area contributed by atoms with Crippen molar-refractivity contribution in [1.82, 2.24) is 9.80 Å². The number of carbonyl (C=O) groups is 2. The van der Waals surface area contributed by atoms with Gasteiger partial charge in [0.15, 0.2) is 0 Å². The van der Waals surface area contributed by atoms with E-state index in [1.165, 1.54) is 9.80 Å². The zero-order valence-corrected chi connectivity index (χ0v) is 13.3. The molecule has 20 heavy (non-hydrogen) atoms. The van der Waals surface area contributed by atoms with Gasteiger partial charge in [-0.15, -0.1) is 11.8 Å². The molecular formula is C14H16N2O2S2. The van der Waals surface area contributed by atoms with Gasteiger partial charge in [-0.05, 0) is 55.9 Å². The minimum Gasteiger partial charge on any atom is -0.292 e. The molecule has 1 aromatic rings. The summed E-state index contributed by atoms with van der Waals surface area (Å²) in [4.78, 5) is 28.7. The molecule has 1 fully saturated rings. The number of carbonyl (C=O) groups excluding carboxylic acids is 2. The van der Waals surface area contributed by atoms with Gasteiger partial charge in [0.25, 0.3) is 11.1 Å². The summed E-state index contributed by atoms with van der Waals surface area (Å²) in [6.07, 6.45) is 3.78. The molecule has 2 amide bonds. The van der Waals surface area contributed by atoms with Gasteiger partial charge < -0.3 is 0 Å². The quantitative estimate of drug-likeness (QED) is 0.632. The van der Waals surface area contributed by atoms with Crippen molar-refractivity contribution >= 4 is 40.7 Å². The fraction of sp³-hybridized carbons (Fsp3) is 0.286. The third-order valence-corrected chi connectivity index (χ3v) is 4.36. The van der Waals surface area contributed by atoms with Crippen molar-refractivity contribution in [2.45, 2.75) is 4.90 Å². The van der Waals surface area contributed by atoms with E-state index in [1.807, 2.05) is 44.6 Å². The number of rotatable bonds is 4. The Labute approximate surface area is 127 Å². The van der Waals surface area contributed by atoms with Crippen molar-refractivity contribution in [2.75, 3.05) is 27.0 Å². The van der Waals surface area contributed by atoms with E-state index < -0.39 is 0 Å². The van der Waals surface area contributed by atoms with Crippen LogP contribution >= 0.6 is 23.5 Å². The van der Waals surface area contributed by atoms with Crippen LogP contribution in [0.15, 0.2) is 34.1 Å². The molecular weight excluding hydrogens is 292 g/mol. The van der Waals surface area contributed by atoms with Crippen LogP contribution in [0.25, 0.3) is 6.08 Å². The number of thioether (sulfide) groups is 2. The highest BCUT2D eigenvalue weighted by Crippen LogP contribution is 2.32. The molecule has 0 radical (unpaired) electrons. The molecule has 1 heterocycles. The summed E-state index contributed by atoms with van der Waals surface area (Å²) in [5, 5.41) is -0.212. The number of nitrogens with zero attached hydrogens (tertiary/aromatic N) is 2. The first-order chi connectivity index (χ1) is 9.51. The molecule has 4 nitrogen and oxygen atoms in total. The Morgan fingerprint density at radius 3 is 2.45 bits per heavy atom. The lowest BCUT2D eigenvalue weighted by molar-refractivity contribution is -0.123. The Balaban J connectivity index is 2.18. The van der Waals surface area contributed by atoms with Crippen molar-refractivity contribution in [3.8, 4) is 0 Å². The van der Waals surface area contributed by atoms with Gasteiger partial charge >= 0.3 is 0 Å². The molecule has 0 aromatic heterocycles. The molecule has 0 unspecified atom stereocenters. The topological polar surface area (TPSA) is 40.6 Å². The first-order valence-electron chi connectivity index (χ1n) is 6.05. The Bertz CT molecular complexity index is 553. The van der Waals surface area contributed by atoms with E-state index in [1.54, 1.807) is 22.7 Å². The number of hydrogen-bond donors (Lipinski definition) is 0. The Morgan fingerprint density at radius 2 is 1.90 bits per heavy atom. The van der Waals surface area contributed by atoms with Crippen LogP contribution in [0.3, 0.4) is 0 Å². The minimum atomic E-state index is -0.220. The van der Waals surface area contributed by atoms with Gasteiger partial charge in [-0.25, -0.2) is 0 Å². The SMILES string of the molecule is CSc1ccc(/C=C2/SC(=O)N(CN(C)C)C2=O)cc1. The lowest BCUT2D eigenvalue weighted by atomic mass is 10.2. The van der Waals surface area contributed by atoms with Gasteiger partial charge in [0, 0.05) is 4.90 Å². The highest BCUT2D eigenvalue weighted by atomic mass is 32.2. The van der Waals surface area contributed by atoms with E-state index in [0.29, 0.717) is 11.6 Å². The van der Waals surface area contributed by atoms with Crippen LogP contribution < -0.4 is 0 Å². The Morgan fingerprint density at radius 1 is 1.25 bits per heavy atom. The fourth-order valence-corrected chi connectivity index (χ4v) is 3.00. The van der Waals surface area contributed by atoms with Crippen molar-refractivity contribution in [3.05, 3.63) is 34.7 Å². The molecule has 106 valence electrons. The fourth-order valence-electron chi connectivity index (χ4n) is 1.76. The highest BCUT2D eigenvalue weighted by Gasteiger charge is 2.35. The summed E-state index contributed by atoms with van der Waals surface area (Å²) in [5.74, 6) is -0.220. The number of imide groups is 1. The second-order valence-electron chi connectivity index (χ2n) is 4.60. The Hall–Kier alpha value is -1.24. The van der Waals surface area contributed by atoms with Gasteiger partial charge in [-0.3, -0.25) is 19.4 Å². The molecule has 0 spiro atoms. The van der Waals surface area contributed by atoms with Crippen molar-refractivity contribution < 1.29 is 9.59 Å². The zero-order valence-electron chi connectivity index (χ0n) is 11.6. The van der Waals surface area contributed by atoms with E-state index >= 15 is 0 Å². The average Bonchev–Trinajstić information content (AvgIpc) is 2.67. The van der Waals surface area contributed by atoms with Crippen LogP contribution in [0, 0.1) is 0 Å². The number of benzene rings is 1. The van der Waals surface area contributed by atoms with Crippen molar-refractivity contribution in [3.63, 3.8) is 0 Å². The molecule has 1 saturated heterocycles. The van der Waals surface area contributed by atoms with Crippen molar-refractivity contribution in [2.24, 2.45) is 0 Å². The van der Waals surface area contributed by atoms with Gasteiger partial charge in [-0.2, -0.15) is 0 Å². The third kappa shape index (κ3) is 3.45. The highest BCUT2D eigenvalue weighted by molar-refractivity contribution is 8.18. The van der Waals surface area contributed by atoms with E-state index in [-0.39, 0.29) is 11.1 Å². The van der Waals surface area contributed by atoms with Crippen LogP contribution in [0.5, 0.6) is 0 Å². The predicted molar refractivity (Wildman–Crippen MR) is 84.6 cm³/mol. The molecule has 0 aliphatic carbocycles. The van der Waals surface area contributed by atoms with Gasteiger partial charge in [0.05, 0.1) is 11.6 Å². The minimum absolute atomic E-state index is 0.212. The standard InChI is InChI=1S/C14H16N2O2S2/c1-15(2)9-16-13(17)12(20-14(16)18)8-10-4-6-11(19-3)7-5-10/h4-8H,9H2,1-3H3/b12-8+. The zero-order chi connectivity index (χ0) is 14.7. The summed E-state index contributed by atoms with van der Waals surface area (Å²) in [6, 6.07) is 7.90. The van der Waals surface area contributed by atoms with Gasteiger partial charge in [0.1, 0.15) is 0 Å². The number of hydrogen-bond acceptors (Lipinski definition) is 5. The molecule has 2 rings (SSSR count). The maximum Gasteiger partial charge on any atom is 0.294 e. The van der Waals surface area contributed by atoms with Crippen LogP contribution in [-0.4, -0.2) is 48.0 Å². The first-order valence-corrected chi connectivity index (χ1v) is 8.09. The smallest absolute Gasteiger partial charge is 0.292 e. The summed E-state index contributed by atoms with van der Waals surface area (Å²) in [7, 11) is 3.65. The molecule has 0 bridgehead atoms. The molecule has 0 N–H and O–H groups in total. The molecule has 1 aliphatic heterocycles. The lowest BCUT2D eigenvalue weighted by Gasteiger charge is -2.17. The molecule has 0 atom stereocenters. The monoisotopic (exact) mass is 308 g/mol.